The Morgan fingerprint density at radius 1 is 1.43 bits per heavy atom. The molecule has 1 aliphatic rings. The molecule has 0 atom stereocenters. The summed E-state index contributed by atoms with van der Waals surface area (Å²) in [4.78, 5) is 10.00. The topological polar surface area (TPSA) is 89.3 Å². The lowest BCUT2D eigenvalue weighted by Gasteiger charge is -2.08. The Morgan fingerprint density at radius 3 is 2.67 bits per heavy atom. The molecule has 0 amide bonds. The molecule has 0 unspecified atom stereocenters. The van der Waals surface area contributed by atoms with Gasteiger partial charge in [0, 0.05) is 12.6 Å². The predicted molar refractivity (Wildman–Crippen MR) is 82.4 cm³/mol. The molecule has 1 N–H and O–H groups in total. The molecule has 0 aliphatic heterocycles. The number of rotatable bonds is 7. The van der Waals surface area contributed by atoms with Gasteiger partial charge in [-0.1, -0.05) is 37.3 Å². The van der Waals surface area contributed by atoms with E-state index in [1.807, 2.05) is 0 Å². The number of halogens is 1. The van der Waals surface area contributed by atoms with Crippen LogP contribution in [0.15, 0.2) is 10.3 Å². The number of nitrogens with zero attached hydrogens (tertiary/aromatic N) is 1. The smallest absolute Gasteiger partial charge is 0.258 e. The maximum absolute atomic E-state index is 12.0. The zero-order valence-corrected chi connectivity index (χ0v) is 13.8. The third kappa shape index (κ3) is 4.38. The van der Waals surface area contributed by atoms with Crippen LogP contribution in [0.25, 0.3) is 0 Å². The van der Waals surface area contributed by atoms with Crippen molar-refractivity contribution in [2.75, 3.05) is 6.54 Å². The third-order valence-electron chi connectivity index (χ3n) is 3.66. The summed E-state index contributed by atoms with van der Waals surface area (Å²) < 4.78 is 26.3. The number of nitro groups is 1. The molecule has 0 saturated heterocycles. The minimum absolute atomic E-state index is 0.111. The van der Waals surface area contributed by atoms with Crippen molar-refractivity contribution in [1.29, 1.82) is 0 Å². The number of sulfonamides is 1. The second kappa shape index (κ2) is 7.04. The lowest BCUT2D eigenvalue weighted by molar-refractivity contribution is -0.384. The molecule has 0 bridgehead atoms. The van der Waals surface area contributed by atoms with Crippen LogP contribution in [0, 0.1) is 16.0 Å². The van der Waals surface area contributed by atoms with Crippen molar-refractivity contribution in [2.24, 2.45) is 5.92 Å². The summed E-state index contributed by atoms with van der Waals surface area (Å²) in [5.74, 6) is 0.715. The van der Waals surface area contributed by atoms with Crippen LogP contribution in [0.4, 0.5) is 5.69 Å². The Kier molecular flexibility index (Phi) is 5.59. The van der Waals surface area contributed by atoms with Gasteiger partial charge in [0.25, 0.3) is 5.69 Å². The highest BCUT2D eigenvalue weighted by atomic mass is 35.5. The highest BCUT2D eigenvalue weighted by molar-refractivity contribution is 7.91. The lowest BCUT2D eigenvalue weighted by Crippen LogP contribution is -2.24. The largest absolute Gasteiger partial charge is 0.300 e. The van der Waals surface area contributed by atoms with E-state index < -0.39 is 14.9 Å². The summed E-state index contributed by atoms with van der Waals surface area (Å²) in [6.07, 6.45) is 6.82. The van der Waals surface area contributed by atoms with Crippen LogP contribution >= 0.6 is 22.9 Å². The van der Waals surface area contributed by atoms with Gasteiger partial charge in [0.15, 0.2) is 4.34 Å². The molecule has 9 heteroatoms. The van der Waals surface area contributed by atoms with E-state index in [4.69, 9.17) is 11.6 Å². The van der Waals surface area contributed by atoms with Crippen LogP contribution in [-0.2, 0) is 10.0 Å². The maximum atomic E-state index is 12.0. The van der Waals surface area contributed by atoms with Gasteiger partial charge in [-0.3, -0.25) is 10.1 Å². The van der Waals surface area contributed by atoms with E-state index in [0.717, 1.165) is 18.9 Å². The van der Waals surface area contributed by atoms with E-state index in [1.54, 1.807) is 0 Å². The molecule has 6 nitrogen and oxygen atoms in total. The first-order valence-electron chi connectivity index (χ1n) is 6.83. The fraction of sp³-hybridized carbons (Fsp3) is 0.667. The molecule has 2 rings (SSSR count). The average Bonchev–Trinajstić information content (AvgIpc) is 3.04. The average molecular weight is 353 g/mol. The molecular weight excluding hydrogens is 336 g/mol. The summed E-state index contributed by atoms with van der Waals surface area (Å²) >= 11 is 6.38. The van der Waals surface area contributed by atoms with Crippen LogP contribution in [0.3, 0.4) is 0 Å². The number of thiophene rings is 1. The third-order valence-corrected chi connectivity index (χ3v) is 6.94. The van der Waals surface area contributed by atoms with E-state index in [1.165, 1.54) is 25.7 Å². The monoisotopic (exact) mass is 352 g/mol. The second-order valence-electron chi connectivity index (χ2n) is 5.17. The Bertz CT molecular complexity index is 609. The van der Waals surface area contributed by atoms with Gasteiger partial charge in [-0.2, -0.15) is 0 Å². The van der Waals surface area contributed by atoms with E-state index >= 15 is 0 Å². The Morgan fingerprint density at radius 2 is 2.10 bits per heavy atom. The molecule has 1 aliphatic carbocycles. The van der Waals surface area contributed by atoms with Crippen LogP contribution in [0.2, 0.25) is 4.34 Å². The van der Waals surface area contributed by atoms with E-state index in [2.05, 4.69) is 4.72 Å². The molecule has 1 heterocycles. The Hall–Kier alpha value is -0.700. The van der Waals surface area contributed by atoms with Crippen molar-refractivity contribution < 1.29 is 13.3 Å². The molecule has 1 aromatic heterocycles. The highest BCUT2D eigenvalue weighted by Crippen LogP contribution is 2.36. The van der Waals surface area contributed by atoms with Gasteiger partial charge in [-0.25, -0.2) is 13.1 Å². The molecule has 0 spiro atoms. The van der Waals surface area contributed by atoms with Crippen LogP contribution in [0.5, 0.6) is 0 Å². The standard InChI is InChI=1S/C12H17ClN2O4S2/c13-12-10(15(16)17)8-11(20-12)21(18,19)14-7-3-6-9-4-1-2-5-9/h8-9,14H,1-7H2. The minimum atomic E-state index is -3.71. The summed E-state index contributed by atoms with van der Waals surface area (Å²) in [5.41, 5.74) is -0.368. The number of hydrogen-bond acceptors (Lipinski definition) is 5. The Labute approximate surface area is 132 Å². The van der Waals surface area contributed by atoms with Crippen molar-refractivity contribution >= 4 is 38.6 Å². The van der Waals surface area contributed by atoms with E-state index in [0.29, 0.717) is 23.8 Å². The fourth-order valence-corrected chi connectivity index (χ4v) is 5.35. The normalized spacial score (nSPS) is 16.4. The second-order valence-corrected chi connectivity index (χ2v) is 8.82. The maximum Gasteiger partial charge on any atom is 0.300 e. The van der Waals surface area contributed by atoms with Crippen LogP contribution in [0.1, 0.15) is 38.5 Å². The summed E-state index contributed by atoms with van der Waals surface area (Å²) in [5, 5.41) is 10.7. The van der Waals surface area contributed by atoms with Crippen LogP contribution < -0.4 is 4.72 Å². The van der Waals surface area contributed by atoms with Gasteiger partial charge in [0.05, 0.1) is 4.92 Å². The van der Waals surface area contributed by atoms with Crippen molar-refractivity contribution in [2.45, 2.75) is 42.7 Å². The molecule has 0 radical (unpaired) electrons. The first-order valence-corrected chi connectivity index (χ1v) is 9.51. The predicted octanol–water partition coefficient (Wildman–Crippen LogP) is 3.56. The zero-order valence-electron chi connectivity index (χ0n) is 11.4. The minimum Gasteiger partial charge on any atom is -0.258 e. The van der Waals surface area contributed by atoms with Gasteiger partial charge in [0.2, 0.25) is 10.0 Å². The molecule has 21 heavy (non-hydrogen) atoms. The van der Waals surface area contributed by atoms with E-state index in [-0.39, 0.29) is 14.2 Å². The Balaban J connectivity index is 1.89. The summed E-state index contributed by atoms with van der Waals surface area (Å²) in [6.45, 7) is 0.349. The summed E-state index contributed by atoms with van der Waals surface area (Å²) in [7, 11) is -3.71. The number of nitrogens with one attached hydrogen (secondary N) is 1. The quantitative estimate of drug-likeness (QED) is 0.461. The SMILES string of the molecule is O=[N+]([O-])c1cc(S(=O)(=O)NCCCC2CCCC2)sc1Cl. The van der Waals surface area contributed by atoms with Crippen molar-refractivity contribution in [1.82, 2.24) is 4.72 Å². The lowest BCUT2D eigenvalue weighted by atomic mass is 10.0. The van der Waals surface area contributed by atoms with E-state index in [9.17, 15) is 18.5 Å². The summed E-state index contributed by atoms with van der Waals surface area (Å²) in [6, 6.07) is 1.01. The van der Waals surface area contributed by atoms with Gasteiger partial charge < -0.3 is 0 Å². The van der Waals surface area contributed by atoms with Gasteiger partial charge >= 0.3 is 0 Å². The highest BCUT2D eigenvalue weighted by Gasteiger charge is 2.25. The van der Waals surface area contributed by atoms with Gasteiger partial charge in [0.1, 0.15) is 4.21 Å². The molecule has 118 valence electrons. The molecule has 1 fully saturated rings. The van der Waals surface area contributed by atoms with Gasteiger partial charge in [-0.05, 0) is 18.8 Å². The van der Waals surface area contributed by atoms with Crippen molar-refractivity contribution in [3.63, 3.8) is 0 Å². The molecular formula is C12H17ClN2O4S2. The van der Waals surface area contributed by atoms with Gasteiger partial charge in [-0.15, -0.1) is 11.3 Å². The van der Waals surface area contributed by atoms with Crippen molar-refractivity contribution in [3.8, 4) is 0 Å². The first kappa shape index (κ1) is 16.7. The molecule has 1 aromatic rings. The van der Waals surface area contributed by atoms with Crippen molar-refractivity contribution in [3.05, 3.63) is 20.5 Å². The number of hydrogen-bond donors (Lipinski definition) is 1. The fourth-order valence-electron chi connectivity index (χ4n) is 2.56. The molecule has 1 saturated carbocycles. The van der Waals surface area contributed by atoms with Crippen LogP contribution in [-0.4, -0.2) is 19.9 Å². The zero-order chi connectivity index (χ0) is 15.5. The first-order chi connectivity index (χ1) is 9.90. The molecule has 0 aromatic carbocycles.